The molecule has 1 aliphatic rings. The molecule has 2 heterocycles. The van der Waals surface area contributed by atoms with Gasteiger partial charge in [-0.3, -0.25) is 19.5 Å². The zero-order chi connectivity index (χ0) is 22.7. The van der Waals surface area contributed by atoms with E-state index in [1.165, 1.54) is 4.90 Å². The smallest absolute Gasteiger partial charge is 0.278 e. The van der Waals surface area contributed by atoms with E-state index in [0.29, 0.717) is 22.6 Å². The number of nitrogens with zero attached hydrogens (tertiary/aromatic N) is 3. The molecule has 0 saturated heterocycles. The minimum atomic E-state index is -0.331. The van der Waals surface area contributed by atoms with E-state index in [4.69, 9.17) is 4.74 Å². The molecule has 0 saturated carbocycles. The summed E-state index contributed by atoms with van der Waals surface area (Å²) in [6, 6.07) is 20.5. The van der Waals surface area contributed by atoms with Gasteiger partial charge >= 0.3 is 0 Å². The van der Waals surface area contributed by atoms with Crippen molar-refractivity contribution in [2.24, 2.45) is 0 Å². The standard InChI is InChI=1S/C26H25N3O3/c1-18(2)32-22-13-11-20(12-14-22)23-24(28(3)21-9-5-4-6-10-21)26(31)29(25(23)30)17-19-8-7-15-27-16-19/h4-16,18H,17H2,1-3H3. The number of carbonyl (C=O) groups excluding carboxylic acids is 2. The Kier molecular flexibility index (Phi) is 6.03. The summed E-state index contributed by atoms with van der Waals surface area (Å²) < 4.78 is 5.73. The minimum absolute atomic E-state index is 0.0458. The molecule has 0 N–H and O–H groups in total. The van der Waals surface area contributed by atoms with E-state index in [-0.39, 0.29) is 24.5 Å². The monoisotopic (exact) mass is 427 g/mol. The average Bonchev–Trinajstić information content (AvgIpc) is 3.05. The first-order chi connectivity index (χ1) is 15.5. The highest BCUT2D eigenvalue weighted by Crippen LogP contribution is 2.34. The van der Waals surface area contributed by atoms with Gasteiger partial charge in [0.15, 0.2) is 0 Å². The van der Waals surface area contributed by atoms with Crippen molar-refractivity contribution in [3.05, 3.63) is 95.9 Å². The van der Waals surface area contributed by atoms with E-state index in [2.05, 4.69) is 4.98 Å². The second kappa shape index (κ2) is 9.06. The third-order valence-electron chi connectivity index (χ3n) is 5.20. The third kappa shape index (κ3) is 4.25. The van der Waals surface area contributed by atoms with E-state index >= 15 is 0 Å². The van der Waals surface area contributed by atoms with Crippen molar-refractivity contribution in [1.29, 1.82) is 0 Å². The van der Waals surface area contributed by atoms with Gasteiger partial charge in [0.2, 0.25) is 0 Å². The lowest BCUT2D eigenvalue weighted by Gasteiger charge is -2.21. The number of hydrogen-bond acceptors (Lipinski definition) is 5. The van der Waals surface area contributed by atoms with Crippen molar-refractivity contribution in [3.8, 4) is 5.75 Å². The van der Waals surface area contributed by atoms with Gasteiger partial charge in [-0.05, 0) is 55.3 Å². The van der Waals surface area contributed by atoms with Crippen LogP contribution in [0.4, 0.5) is 5.69 Å². The molecule has 1 aromatic heterocycles. The Labute approximate surface area is 187 Å². The molecule has 0 fully saturated rings. The Hall–Kier alpha value is -3.93. The number of carbonyl (C=O) groups is 2. The van der Waals surface area contributed by atoms with Gasteiger partial charge in [-0.15, -0.1) is 0 Å². The second-order valence-electron chi connectivity index (χ2n) is 7.87. The van der Waals surface area contributed by atoms with Crippen LogP contribution in [-0.2, 0) is 16.1 Å². The SMILES string of the molecule is CC(C)Oc1ccc(C2=C(N(C)c3ccccc3)C(=O)N(Cc3cccnc3)C2=O)cc1. The molecule has 6 nitrogen and oxygen atoms in total. The summed E-state index contributed by atoms with van der Waals surface area (Å²) in [6.07, 6.45) is 3.37. The summed E-state index contributed by atoms with van der Waals surface area (Å²) in [5, 5.41) is 0. The topological polar surface area (TPSA) is 62.7 Å². The maximum absolute atomic E-state index is 13.5. The summed E-state index contributed by atoms with van der Waals surface area (Å²) in [7, 11) is 1.81. The van der Waals surface area contributed by atoms with Gasteiger partial charge in [0.05, 0.1) is 18.2 Å². The fourth-order valence-electron chi connectivity index (χ4n) is 3.71. The Bertz CT molecular complexity index is 1140. The number of imide groups is 1. The molecule has 32 heavy (non-hydrogen) atoms. The lowest BCUT2D eigenvalue weighted by atomic mass is 10.0. The normalized spacial score (nSPS) is 13.8. The van der Waals surface area contributed by atoms with Crippen LogP contribution in [0.2, 0.25) is 0 Å². The minimum Gasteiger partial charge on any atom is -0.491 e. The highest BCUT2D eigenvalue weighted by molar-refractivity contribution is 6.36. The number of benzene rings is 2. The predicted octanol–water partition coefficient (Wildman–Crippen LogP) is 4.29. The molecular weight excluding hydrogens is 402 g/mol. The highest BCUT2D eigenvalue weighted by atomic mass is 16.5. The molecule has 162 valence electrons. The number of ether oxygens (including phenoxy) is 1. The molecule has 0 spiro atoms. The van der Waals surface area contributed by atoms with Crippen LogP contribution in [-0.4, -0.2) is 34.8 Å². The first-order valence-electron chi connectivity index (χ1n) is 10.5. The number of pyridine rings is 1. The molecule has 0 bridgehead atoms. The summed E-state index contributed by atoms with van der Waals surface area (Å²) in [5.41, 5.74) is 3.01. The zero-order valence-corrected chi connectivity index (χ0v) is 18.4. The van der Waals surface area contributed by atoms with E-state index in [1.807, 2.05) is 74.5 Å². The largest absolute Gasteiger partial charge is 0.491 e. The molecule has 0 unspecified atom stereocenters. The highest BCUT2D eigenvalue weighted by Gasteiger charge is 2.41. The number of para-hydroxylation sites is 1. The number of anilines is 1. The molecule has 0 aliphatic carbocycles. The van der Waals surface area contributed by atoms with Crippen molar-refractivity contribution in [1.82, 2.24) is 9.88 Å². The fourth-order valence-corrected chi connectivity index (χ4v) is 3.71. The quantitative estimate of drug-likeness (QED) is 0.527. The van der Waals surface area contributed by atoms with Crippen molar-refractivity contribution in [3.63, 3.8) is 0 Å². The molecule has 2 amide bonds. The number of hydrogen-bond donors (Lipinski definition) is 0. The Morgan fingerprint density at radius 3 is 2.28 bits per heavy atom. The second-order valence-corrected chi connectivity index (χ2v) is 7.87. The zero-order valence-electron chi connectivity index (χ0n) is 18.4. The molecule has 3 aromatic rings. The third-order valence-corrected chi connectivity index (χ3v) is 5.20. The molecule has 4 rings (SSSR count). The molecule has 6 heteroatoms. The van der Waals surface area contributed by atoms with Gasteiger partial charge in [-0.1, -0.05) is 36.4 Å². The molecule has 2 aromatic carbocycles. The van der Waals surface area contributed by atoms with E-state index in [0.717, 1.165) is 11.3 Å². The first kappa shape index (κ1) is 21.3. The summed E-state index contributed by atoms with van der Waals surface area (Å²) in [4.78, 5) is 34.1. The van der Waals surface area contributed by atoms with Crippen LogP contribution < -0.4 is 9.64 Å². The van der Waals surface area contributed by atoms with Crippen LogP contribution in [0.1, 0.15) is 25.0 Å². The maximum Gasteiger partial charge on any atom is 0.278 e. The Balaban J connectivity index is 1.76. The van der Waals surface area contributed by atoms with Crippen molar-refractivity contribution in [2.45, 2.75) is 26.5 Å². The van der Waals surface area contributed by atoms with Gasteiger partial charge in [0.1, 0.15) is 11.4 Å². The number of aromatic nitrogens is 1. The van der Waals surface area contributed by atoms with Gasteiger partial charge in [-0.25, -0.2) is 0 Å². The predicted molar refractivity (Wildman–Crippen MR) is 124 cm³/mol. The molecular formula is C26H25N3O3. The summed E-state index contributed by atoms with van der Waals surface area (Å²) in [5.74, 6) is 0.0585. The Morgan fingerprint density at radius 1 is 0.938 bits per heavy atom. The van der Waals surface area contributed by atoms with Gasteiger partial charge in [0.25, 0.3) is 11.8 Å². The van der Waals surface area contributed by atoms with Crippen molar-refractivity contribution >= 4 is 23.1 Å². The van der Waals surface area contributed by atoms with Gasteiger partial charge in [-0.2, -0.15) is 0 Å². The first-order valence-corrected chi connectivity index (χ1v) is 10.5. The maximum atomic E-state index is 13.5. The number of amides is 2. The van der Waals surface area contributed by atoms with Crippen LogP contribution in [0.25, 0.3) is 5.57 Å². The van der Waals surface area contributed by atoms with Crippen LogP contribution in [0.5, 0.6) is 5.75 Å². The number of likely N-dealkylation sites (N-methyl/N-ethyl adjacent to an activating group) is 1. The summed E-state index contributed by atoms with van der Waals surface area (Å²) in [6.45, 7) is 4.08. The van der Waals surface area contributed by atoms with E-state index in [1.54, 1.807) is 30.4 Å². The van der Waals surface area contributed by atoms with Crippen LogP contribution in [0, 0.1) is 0 Å². The molecule has 1 aliphatic heterocycles. The fraction of sp³-hybridized carbons (Fsp3) is 0.192. The van der Waals surface area contributed by atoms with E-state index in [9.17, 15) is 9.59 Å². The van der Waals surface area contributed by atoms with Crippen LogP contribution in [0.15, 0.2) is 84.8 Å². The Morgan fingerprint density at radius 2 is 1.66 bits per heavy atom. The van der Waals surface area contributed by atoms with Crippen molar-refractivity contribution in [2.75, 3.05) is 11.9 Å². The lowest BCUT2D eigenvalue weighted by Crippen LogP contribution is -2.33. The number of rotatable bonds is 7. The molecule has 0 radical (unpaired) electrons. The molecule has 0 atom stereocenters. The van der Waals surface area contributed by atoms with Crippen LogP contribution in [0.3, 0.4) is 0 Å². The average molecular weight is 428 g/mol. The summed E-state index contributed by atoms with van der Waals surface area (Å²) >= 11 is 0. The van der Waals surface area contributed by atoms with Crippen molar-refractivity contribution < 1.29 is 14.3 Å². The van der Waals surface area contributed by atoms with Gasteiger partial charge in [0, 0.05) is 25.1 Å². The van der Waals surface area contributed by atoms with E-state index < -0.39 is 0 Å². The lowest BCUT2D eigenvalue weighted by molar-refractivity contribution is -0.137. The van der Waals surface area contributed by atoms with Crippen LogP contribution >= 0.6 is 0 Å². The van der Waals surface area contributed by atoms with Gasteiger partial charge < -0.3 is 9.64 Å².